The molecule has 0 heterocycles. The minimum atomic E-state index is -3.62. The van der Waals surface area contributed by atoms with Crippen LogP contribution in [0.3, 0.4) is 0 Å². The molecule has 1 amide bonds. The number of amides is 1. The summed E-state index contributed by atoms with van der Waals surface area (Å²) in [4.78, 5) is 12.8. The van der Waals surface area contributed by atoms with Crippen molar-refractivity contribution in [3.8, 4) is 5.75 Å². The Kier molecular flexibility index (Phi) is 6.59. The average Bonchev–Trinajstić information content (AvgIpc) is 2.74. The van der Waals surface area contributed by atoms with Gasteiger partial charge in [0.15, 0.2) is 0 Å². The number of carbonyl (C=O) groups is 1. The van der Waals surface area contributed by atoms with Gasteiger partial charge in [0, 0.05) is 19.7 Å². The number of benzene rings is 2. The molecule has 0 unspecified atom stereocenters. The molecule has 6 nitrogen and oxygen atoms in total. The van der Waals surface area contributed by atoms with Crippen LogP contribution in [0.25, 0.3) is 0 Å². The van der Waals surface area contributed by atoms with Crippen molar-refractivity contribution in [1.82, 2.24) is 4.31 Å². The summed E-state index contributed by atoms with van der Waals surface area (Å²) in [6.07, 6.45) is 6.24. The maximum Gasteiger partial charge on any atom is 0.255 e. The Morgan fingerprint density at radius 3 is 2.28 bits per heavy atom. The number of rotatable bonds is 6. The lowest BCUT2D eigenvalue weighted by Gasteiger charge is -2.22. The molecule has 3 rings (SSSR count). The molecule has 1 aliphatic carbocycles. The Morgan fingerprint density at radius 1 is 1.03 bits per heavy atom. The van der Waals surface area contributed by atoms with Crippen molar-refractivity contribution in [2.24, 2.45) is 0 Å². The van der Waals surface area contributed by atoms with E-state index in [-0.39, 0.29) is 10.8 Å². The third-order valence-corrected chi connectivity index (χ3v) is 7.26. The number of sulfonamides is 1. The molecular weight excluding hydrogens is 388 g/mol. The van der Waals surface area contributed by atoms with E-state index in [1.807, 2.05) is 24.3 Å². The van der Waals surface area contributed by atoms with Crippen LogP contribution in [0.1, 0.15) is 53.9 Å². The predicted molar refractivity (Wildman–Crippen MR) is 114 cm³/mol. The molecule has 1 fully saturated rings. The van der Waals surface area contributed by atoms with E-state index in [9.17, 15) is 13.2 Å². The summed E-state index contributed by atoms with van der Waals surface area (Å²) < 4.78 is 31.2. The number of ether oxygens (including phenoxy) is 1. The van der Waals surface area contributed by atoms with Crippen molar-refractivity contribution < 1.29 is 17.9 Å². The molecule has 0 aromatic heterocycles. The van der Waals surface area contributed by atoms with Gasteiger partial charge in [-0.2, -0.15) is 0 Å². The summed E-state index contributed by atoms with van der Waals surface area (Å²) >= 11 is 0. The summed E-state index contributed by atoms with van der Waals surface area (Å²) in [6.45, 7) is 0. The van der Waals surface area contributed by atoms with Gasteiger partial charge in [0.1, 0.15) is 5.75 Å². The van der Waals surface area contributed by atoms with Crippen LogP contribution in [0.2, 0.25) is 0 Å². The summed E-state index contributed by atoms with van der Waals surface area (Å²) in [5.74, 6) is 0.668. The van der Waals surface area contributed by atoms with Gasteiger partial charge in [-0.05, 0) is 54.7 Å². The van der Waals surface area contributed by atoms with Crippen molar-refractivity contribution in [2.45, 2.75) is 42.9 Å². The van der Waals surface area contributed by atoms with Gasteiger partial charge in [0.25, 0.3) is 5.91 Å². The molecule has 1 saturated carbocycles. The third kappa shape index (κ3) is 4.79. The highest BCUT2D eigenvalue weighted by molar-refractivity contribution is 7.89. The topological polar surface area (TPSA) is 75.7 Å². The van der Waals surface area contributed by atoms with Crippen molar-refractivity contribution in [1.29, 1.82) is 0 Å². The van der Waals surface area contributed by atoms with E-state index in [0.717, 1.165) is 4.31 Å². The zero-order valence-corrected chi connectivity index (χ0v) is 18.0. The number of methoxy groups -OCH3 is 1. The lowest BCUT2D eigenvalue weighted by atomic mass is 9.84. The summed E-state index contributed by atoms with van der Waals surface area (Å²) in [5, 5.41) is 2.78. The highest BCUT2D eigenvalue weighted by Crippen LogP contribution is 2.33. The normalized spacial score (nSPS) is 15.3. The molecule has 0 atom stereocenters. The van der Waals surface area contributed by atoms with Crippen LogP contribution in [0, 0.1) is 0 Å². The van der Waals surface area contributed by atoms with Gasteiger partial charge >= 0.3 is 0 Å². The Bertz CT molecular complexity index is 963. The first-order valence-electron chi connectivity index (χ1n) is 9.85. The van der Waals surface area contributed by atoms with Crippen molar-refractivity contribution in [2.75, 3.05) is 26.5 Å². The van der Waals surface area contributed by atoms with Gasteiger partial charge in [0.05, 0.1) is 17.7 Å². The van der Waals surface area contributed by atoms with Crippen LogP contribution in [-0.2, 0) is 10.0 Å². The van der Waals surface area contributed by atoms with E-state index in [1.165, 1.54) is 77.1 Å². The van der Waals surface area contributed by atoms with Gasteiger partial charge < -0.3 is 10.1 Å². The minimum Gasteiger partial charge on any atom is -0.495 e. The molecule has 0 radical (unpaired) electrons. The fraction of sp³-hybridized carbons (Fsp3) is 0.409. The maximum atomic E-state index is 12.7. The quantitative estimate of drug-likeness (QED) is 0.764. The molecular formula is C22H28N2O4S. The number of carbonyl (C=O) groups excluding carboxylic acids is 1. The van der Waals surface area contributed by atoms with Gasteiger partial charge in [-0.1, -0.05) is 31.4 Å². The molecule has 1 N–H and O–H groups in total. The van der Waals surface area contributed by atoms with Crippen LogP contribution in [0.5, 0.6) is 5.75 Å². The molecule has 0 saturated heterocycles. The second-order valence-corrected chi connectivity index (χ2v) is 9.71. The van der Waals surface area contributed by atoms with Crippen LogP contribution >= 0.6 is 0 Å². The Morgan fingerprint density at radius 2 is 1.69 bits per heavy atom. The molecule has 0 bridgehead atoms. The summed E-state index contributed by atoms with van der Waals surface area (Å²) in [6, 6.07) is 12.1. The molecule has 7 heteroatoms. The van der Waals surface area contributed by atoms with E-state index < -0.39 is 10.0 Å². The van der Waals surface area contributed by atoms with Crippen molar-refractivity contribution >= 4 is 21.6 Å². The van der Waals surface area contributed by atoms with E-state index in [2.05, 4.69) is 5.32 Å². The number of anilines is 1. The van der Waals surface area contributed by atoms with Gasteiger partial charge in [-0.15, -0.1) is 0 Å². The molecule has 2 aromatic rings. The van der Waals surface area contributed by atoms with Gasteiger partial charge in [-0.25, -0.2) is 12.7 Å². The number of nitrogens with one attached hydrogen (secondary N) is 1. The van der Waals surface area contributed by atoms with Crippen molar-refractivity contribution in [3.05, 3.63) is 53.6 Å². The first-order chi connectivity index (χ1) is 13.8. The van der Waals surface area contributed by atoms with Crippen LogP contribution in [0.15, 0.2) is 47.4 Å². The van der Waals surface area contributed by atoms with Gasteiger partial charge in [0.2, 0.25) is 10.0 Å². The zero-order valence-electron chi connectivity index (χ0n) is 17.1. The van der Waals surface area contributed by atoms with Crippen molar-refractivity contribution in [3.63, 3.8) is 0 Å². The Labute approximate surface area is 172 Å². The van der Waals surface area contributed by atoms with E-state index in [0.29, 0.717) is 22.9 Å². The predicted octanol–water partition coefficient (Wildman–Crippen LogP) is 4.25. The maximum absolute atomic E-state index is 12.7. The first kappa shape index (κ1) is 21.3. The highest BCUT2D eigenvalue weighted by atomic mass is 32.2. The summed E-state index contributed by atoms with van der Waals surface area (Å²) in [7, 11) is 0.788. The van der Waals surface area contributed by atoms with Crippen LogP contribution in [-0.4, -0.2) is 39.8 Å². The lowest BCUT2D eigenvalue weighted by Crippen LogP contribution is -2.22. The second-order valence-electron chi connectivity index (χ2n) is 7.56. The standard InChI is InChI=1S/C22H28N2O4S/c1-24(2)29(26,27)19-13-14-21(28-3)20(15-19)23-22(25)18-11-9-17(10-12-18)16-7-5-4-6-8-16/h9-16H,4-8H2,1-3H3,(H,23,25). The Balaban J connectivity index is 1.80. The zero-order chi connectivity index (χ0) is 21.0. The number of hydrogen-bond donors (Lipinski definition) is 1. The average molecular weight is 417 g/mol. The minimum absolute atomic E-state index is 0.0891. The fourth-order valence-corrected chi connectivity index (χ4v) is 4.62. The molecule has 2 aromatic carbocycles. The largest absolute Gasteiger partial charge is 0.495 e. The number of nitrogens with zero attached hydrogens (tertiary/aromatic N) is 1. The second kappa shape index (κ2) is 8.97. The van der Waals surface area contributed by atoms with E-state index >= 15 is 0 Å². The smallest absolute Gasteiger partial charge is 0.255 e. The first-order valence-corrected chi connectivity index (χ1v) is 11.3. The molecule has 1 aliphatic rings. The SMILES string of the molecule is COc1ccc(S(=O)(=O)N(C)C)cc1NC(=O)c1ccc(C2CCCCC2)cc1. The van der Waals surface area contributed by atoms with Crippen LogP contribution in [0.4, 0.5) is 5.69 Å². The monoisotopic (exact) mass is 416 g/mol. The molecule has 0 spiro atoms. The molecule has 156 valence electrons. The summed E-state index contributed by atoms with van der Waals surface area (Å²) in [5.41, 5.74) is 2.11. The molecule has 29 heavy (non-hydrogen) atoms. The fourth-order valence-electron chi connectivity index (χ4n) is 3.69. The van der Waals surface area contributed by atoms with Crippen LogP contribution < -0.4 is 10.1 Å². The van der Waals surface area contributed by atoms with Gasteiger partial charge in [-0.3, -0.25) is 4.79 Å². The number of hydrogen-bond acceptors (Lipinski definition) is 4. The highest BCUT2D eigenvalue weighted by Gasteiger charge is 2.20. The third-order valence-electron chi connectivity index (χ3n) is 5.45. The van der Waals surface area contributed by atoms with E-state index in [4.69, 9.17) is 4.74 Å². The lowest BCUT2D eigenvalue weighted by molar-refractivity contribution is 0.102. The Hall–Kier alpha value is -2.38. The van der Waals surface area contributed by atoms with E-state index in [1.54, 1.807) is 0 Å². The molecule has 0 aliphatic heterocycles.